The summed E-state index contributed by atoms with van der Waals surface area (Å²) in [6, 6.07) is 14.2. The maximum absolute atomic E-state index is 14.0. The molecule has 1 amide bonds. The Hall–Kier alpha value is -3.15. The van der Waals surface area contributed by atoms with E-state index < -0.39 is 5.82 Å². The molecule has 25 heavy (non-hydrogen) atoms. The summed E-state index contributed by atoms with van der Waals surface area (Å²) in [6.45, 7) is 0.112. The maximum Gasteiger partial charge on any atom is 0.246 e. The van der Waals surface area contributed by atoms with Crippen LogP contribution in [0.5, 0.6) is 0 Å². The first-order chi connectivity index (χ1) is 12.1. The zero-order valence-electron chi connectivity index (χ0n) is 14.0. The SMILES string of the molecule is CN(C(=O)Cn1c2ccccc2c2c1cnn2C)c1ccccc1F. The van der Waals surface area contributed by atoms with Crippen LogP contribution in [0, 0.1) is 5.82 Å². The highest BCUT2D eigenvalue weighted by molar-refractivity contribution is 6.07. The van der Waals surface area contributed by atoms with E-state index in [1.54, 1.807) is 36.1 Å². The van der Waals surface area contributed by atoms with Gasteiger partial charge in [0, 0.05) is 19.5 Å². The minimum Gasteiger partial charge on any atom is -0.328 e. The van der Waals surface area contributed by atoms with E-state index in [4.69, 9.17) is 0 Å². The van der Waals surface area contributed by atoms with Crippen LogP contribution in [0.4, 0.5) is 10.1 Å². The molecule has 0 radical (unpaired) electrons. The molecule has 5 nitrogen and oxygen atoms in total. The predicted molar refractivity (Wildman–Crippen MR) is 96.0 cm³/mol. The van der Waals surface area contributed by atoms with E-state index in [1.165, 1.54) is 11.0 Å². The molecule has 4 rings (SSSR count). The molecule has 0 unspecified atom stereocenters. The third-order valence-electron chi connectivity index (χ3n) is 4.54. The molecule has 0 aliphatic carbocycles. The van der Waals surface area contributed by atoms with E-state index in [2.05, 4.69) is 5.10 Å². The fourth-order valence-electron chi connectivity index (χ4n) is 3.24. The number of carbonyl (C=O) groups is 1. The lowest BCUT2D eigenvalue weighted by atomic mass is 10.2. The van der Waals surface area contributed by atoms with Crippen molar-refractivity contribution in [3.05, 3.63) is 60.5 Å². The van der Waals surface area contributed by atoms with Crippen LogP contribution in [-0.2, 0) is 18.4 Å². The molecule has 0 saturated carbocycles. The zero-order valence-corrected chi connectivity index (χ0v) is 14.0. The number of anilines is 1. The number of fused-ring (bicyclic) bond motifs is 3. The molecule has 126 valence electrons. The maximum atomic E-state index is 14.0. The number of hydrogen-bond donors (Lipinski definition) is 0. The Labute approximate surface area is 143 Å². The largest absolute Gasteiger partial charge is 0.328 e. The highest BCUT2D eigenvalue weighted by Gasteiger charge is 2.19. The number of likely N-dealkylation sites (N-methyl/N-ethyl adjacent to an activating group) is 1. The number of aromatic nitrogens is 3. The van der Waals surface area contributed by atoms with Gasteiger partial charge in [0.25, 0.3) is 0 Å². The lowest BCUT2D eigenvalue weighted by Crippen LogP contribution is -2.30. The highest BCUT2D eigenvalue weighted by atomic mass is 19.1. The second-order valence-corrected chi connectivity index (χ2v) is 6.01. The Balaban J connectivity index is 1.77. The minimum atomic E-state index is -0.415. The van der Waals surface area contributed by atoms with E-state index >= 15 is 0 Å². The van der Waals surface area contributed by atoms with E-state index in [9.17, 15) is 9.18 Å². The van der Waals surface area contributed by atoms with Gasteiger partial charge in [-0.25, -0.2) is 4.39 Å². The summed E-state index contributed by atoms with van der Waals surface area (Å²) in [6.07, 6.45) is 1.76. The number of aryl methyl sites for hydroxylation is 1. The van der Waals surface area contributed by atoms with Gasteiger partial charge in [0.1, 0.15) is 12.4 Å². The van der Waals surface area contributed by atoms with Gasteiger partial charge in [0.05, 0.1) is 28.4 Å². The number of benzene rings is 2. The lowest BCUT2D eigenvalue weighted by molar-refractivity contribution is -0.118. The van der Waals surface area contributed by atoms with Crippen LogP contribution >= 0.6 is 0 Å². The zero-order chi connectivity index (χ0) is 17.6. The van der Waals surface area contributed by atoms with Crippen molar-refractivity contribution < 1.29 is 9.18 Å². The third-order valence-corrected chi connectivity index (χ3v) is 4.54. The van der Waals surface area contributed by atoms with Crippen molar-refractivity contribution in [2.24, 2.45) is 7.05 Å². The van der Waals surface area contributed by atoms with Crippen LogP contribution < -0.4 is 4.90 Å². The second-order valence-electron chi connectivity index (χ2n) is 6.01. The molecule has 0 fully saturated rings. The predicted octanol–water partition coefficient (Wildman–Crippen LogP) is 3.33. The molecular weight excluding hydrogens is 319 g/mol. The summed E-state index contributed by atoms with van der Waals surface area (Å²) in [5, 5.41) is 5.34. The molecule has 0 saturated heterocycles. The highest BCUT2D eigenvalue weighted by Crippen LogP contribution is 2.28. The topological polar surface area (TPSA) is 43.1 Å². The molecule has 0 N–H and O–H groups in total. The molecule has 2 heterocycles. The quantitative estimate of drug-likeness (QED) is 0.576. The van der Waals surface area contributed by atoms with Gasteiger partial charge in [-0.05, 0) is 18.2 Å². The normalized spacial score (nSPS) is 11.3. The number of amides is 1. The summed E-state index contributed by atoms with van der Waals surface area (Å²) in [7, 11) is 3.47. The summed E-state index contributed by atoms with van der Waals surface area (Å²) in [5.41, 5.74) is 3.10. The number of rotatable bonds is 3. The van der Waals surface area contributed by atoms with E-state index in [1.807, 2.05) is 35.9 Å². The smallest absolute Gasteiger partial charge is 0.246 e. The van der Waals surface area contributed by atoms with E-state index in [-0.39, 0.29) is 18.1 Å². The fourth-order valence-corrected chi connectivity index (χ4v) is 3.24. The summed E-state index contributed by atoms with van der Waals surface area (Å²) in [5.74, 6) is -0.612. The van der Waals surface area contributed by atoms with Gasteiger partial charge in [-0.1, -0.05) is 30.3 Å². The van der Waals surface area contributed by atoms with Gasteiger partial charge >= 0.3 is 0 Å². The van der Waals surface area contributed by atoms with Crippen LogP contribution in [0.25, 0.3) is 21.9 Å². The number of carbonyl (C=O) groups excluding carboxylic acids is 1. The molecular formula is C19H17FN4O. The molecule has 0 aliphatic heterocycles. The number of nitrogens with zero attached hydrogens (tertiary/aromatic N) is 4. The third kappa shape index (κ3) is 2.38. The lowest BCUT2D eigenvalue weighted by Gasteiger charge is -2.18. The average Bonchev–Trinajstić information content (AvgIpc) is 3.14. The van der Waals surface area contributed by atoms with Crippen molar-refractivity contribution in [1.82, 2.24) is 14.3 Å². The molecule has 0 spiro atoms. The minimum absolute atomic E-state index is 0.112. The number of hydrogen-bond acceptors (Lipinski definition) is 2. The van der Waals surface area contributed by atoms with Crippen LogP contribution in [0.1, 0.15) is 0 Å². The van der Waals surface area contributed by atoms with Crippen molar-refractivity contribution in [3.8, 4) is 0 Å². The van der Waals surface area contributed by atoms with Crippen molar-refractivity contribution in [3.63, 3.8) is 0 Å². The van der Waals surface area contributed by atoms with Crippen LogP contribution in [0.3, 0.4) is 0 Å². The molecule has 2 aromatic carbocycles. The summed E-state index contributed by atoms with van der Waals surface area (Å²) in [4.78, 5) is 14.1. The van der Waals surface area contributed by atoms with E-state index in [0.29, 0.717) is 0 Å². The van der Waals surface area contributed by atoms with Gasteiger partial charge in [-0.3, -0.25) is 9.48 Å². The van der Waals surface area contributed by atoms with Crippen LogP contribution in [0.2, 0.25) is 0 Å². The summed E-state index contributed by atoms with van der Waals surface area (Å²) < 4.78 is 17.7. The first-order valence-corrected chi connectivity index (χ1v) is 7.98. The first-order valence-electron chi connectivity index (χ1n) is 7.98. The molecule has 0 atom stereocenters. The average molecular weight is 336 g/mol. The van der Waals surface area contributed by atoms with Crippen molar-refractivity contribution in [2.75, 3.05) is 11.9 Å². The van der Waals surface area contributed by atoms with Gasteiger partial charge in [0.15, 0.2) is 0 Å². The number of halogens is 1. The molecule has 2 aromatic heterocycles. The Morgan fingerprint density at radius 1 is 1.12 bits per heavy atom. The number of para-hydroxylation sites is 2. The first kappa shape index (κ1) is 15.4. The van der Waals surface area contributed by atoms with Gasteiger partial charge < -0.3 is 9.47 Å². The molecule has 0 aliphatic rings. The van der Waals surface area contributed by atoms with Gasteiger partial charge in [0.2, 0.25) is 5.91 Å². The molecule has 6 heteroatoms. The Kier molecular flexibility index (Phi) is 3.53. The fraction of sp³-hybridized carbons (Fsp3) is 0.158. The molecule has 4 aromatic rings. The molecule has 0 bridgehead atoms. The second kappa shape index (κ2) is 5.73. The Bertz CT molecular complexity index is 1100. The van der Waals surface area contributed by atoms with Crippen molar-refractivity contribution >= 4 is 33.5 Å². The van der Waals surface area contributed by atoms with Crippen molar-refractivity contribution in [2.45, 2.75) is 6.54 Å². The van der Waals surface area contributed by atoms with E-state index in [0.717, 1.165) is 21.9 Å². The monoisotopic (exact) mass is 336 g/mol. The van der Waals surface area contributed by atoms with Crippen molar-refractivity contribution in [1.29, 1.82) is 0 Å². The van der Waals surface area contributed by atoms with Crippen LogP contribution in [0.15, 0.2) is 54.7 Å². The Morgan fingerprint density at radius 3 is 2.64 bits per heavy atom. The summed E-state index contributed by atoms with van der Waals surface area (Å²) >= 11 is 0. The standard InChI is InChI=1S/C19H17FN4O/c1-22(16-10-6-4-8-14(16)20)18(25)12-24-15-9-5-3-7-13(15)19-17(24)11-21-23(19)2/h3-11H,12H2,1-2H3. The Morgan fingerprint density at radius 2 is 1.84 bits per heavy atom. The van der Waals surface area contributed by atoms with Gasteiger partial charge in [-0.15, -0.1) is 0 Å². The van der Waals surface area contributed by atoms with Gasteiger partial charge in [-0.2, -0.15) is 5.10 Å². The van der Waals surface area contributed by atoms with Crippen LogP contribution in [-0.4, -0.2) is 27.3 Å².